The molecule has 1 unspecified atom stereocenters. The van der Waals surface area contributed by atoms with Crippen molar-refractivity contribution in [3.05, 3.63) is 50.9 Å². The fourth-order valence-corrected chi connectivity index (χ4v) is 6.45. The number of amides is 1. The Morgan fingerprint density at radius 3 is 2.81 bits per heavy atom. The third kappa shape index (κ3) is 4.48. The van der Waals surface area contributed by atoms with Crippen molar-refractivity contribution in [1.82, 2.24) is 14.9 Å². The Labute approximate surface area is 195 Å². The van der Waals surface area contributed by atoms with E-state index in [1.54, 1.807) is 29.5 Å². The average molecular weight is 474 g/mol. The Balaban J connectivity index is 1.79. The van der Waals surface area contributed by atoms with Gasteiger partial charge in [-0.05, 0) is 55.7 Å². The van der Waals surface area contributed by atoms with E-state index in [1.165, 1.54) is 27.3 Å². The molecular formula is C24H28FN3O2S2. The van der Waals surface area contributed by atoms with Crippen molar-refractivity contribution in [1.29, 1.82) is 0 Å². The molecule has 0 radical (unpaired) electrons. The summed E-state index contributed by atoms with van der Waals surface area (Å²) in [4.78, 5) is 32.8. The number of halogens is 1. The number of nitrogens with one attached hydrogen (secondary N) is 1. The summed E-state index contributed by atoms with van der Waals surface area (Å²) >= 11 is 2.74. The molecule has 0 spiro atoms. The molecule has 1 atom stereocenters. The molecule has 1 aromatic carbocycles. The molecule has 0 aliphatic heterocycles. The Morgan fingerprint density at radius 2 is 2.09 bits per heavy atom. The van der Waals surface area contributed by atoms with Gasteiger partial charge in [-0.3, -0.25) is 14.2 Å². The summed E-state index contributed by atoms with van der Waals surface area (Å²) in [5, 5.41) is 3.96. The number of thioether (sulfide) groups is 1. The second kappa shape index (κ2) is 9.75. The molecular weight excluding hydrogens is 445 g/mol. The number of carbonyl (C=O) groups is 1. The minimum absolute atomic E-state index is 0.113. The van der Waals surface area contributed by atoms with Crippen LogP contribution in [0.1, 0.15) is 50.5 Å². The van der Waals surface area contributed by atoms with Gasteiger partial charge in [-0.15, -0.1) is 11.3 Å². The van der Waals surface area contributed by atoms with E-state index in [0.717, 1.165) is 37.7 Å². The van der Waals surface area contributed by atoms with E-state index in [9.17, 15) is 14.0 Å². The number of para-hydroxylation sites is 1. The van der Waals surface area contributed by atoms with Crippen LogP contribution >= 0.6 is 23.1 Å². The molecule has 32 heavy (non-hydrogen) atoms. The van der Waals surface area contributed by atoms with Crippen LogP contribution in [0.5, 0.6) is 0 Å². The van der Waals surface area contributed by atoms with Crippen LogP contribution < -0.4 is 10.9 Å². The average Bonchev–Trinajstić information content (AvgIpc) is 3.14. The largest absolute Gasteiger partial charge is 0.353 e. The molecule has 170 valence electrons. The van der Waals surface area contributed by atoms with Crippen molar-refractivity contribution in [2.24, 2.45) is 5.92 Å². The summed E-state index contributed by atoms with van der Waals surface area (Å²) in [6, 6.07) is 6.34. The zero-order valence-corrected chi connectivity index (χ0v) is 20.2. The van der Waals surface area contributed by atoms with Crippen LogP contribution in [0.15, 0.2) is 34.2 Å². The Kier molecular flexibility index (Phi) is 7.00. The standard InChI is InChI=1S/C24H28FN3O2S2/c1-4-15(5-2)26-20(29)13-31-24-27-22-21(16-11-10-14(3)12-19(16)32-22)23(30)28(24)18-9-7-6-8-17(18)25/h6-9,14-15H,4-5,10-13H2,1-3H3,(H,26,29). The zero-order valence-electron chi connectivity index (χ0n) is 18.6. The van der Waals surface area contributed by atoms with Gasteiger partial charge in [-0.1, -0.05) is 44.7 Å². The van der Waals surface area contributed by atoms with Crippen LogP contribution in [0.2, 0.25) is 0 Å². The maximum Gasteiger partial charge on any atom is 0.267 e. The van der Waals surface area contributed by atoms with Gasteiger partial charge in [0.2, 0.25) is 5.91 Å². The van der Waals surface area contributed by atoms with E-state index in [-0.39, 0.29) is 28.9 Å². The van der Waals surface area contributed by atoms with E-state index >= 15 is 0 Å². The second-order valence-corrected chi connectivity index (χ2v) is 10.4. The summed E-state index contributed by atoms with van der Waals surface area (Å²) in [6.07, 6.45) is 4.53. The topological polar surface area (TPSA) is 64.0 Å². The molecule has 0 saturated carbocycles. The predicted octanol–water partition coefficient (Wildman–Crippen LogP) is 5.11. The van der Waals surface area contributed by atoms with Gasteiger partial charge in [-0.2, -0.15) is 0 Å². The van der Waals surface area contributed by atoms with E-state index in [2.05, 4.69) is 12.2 Å². The molecule has 2 heterocycles. The van der Waals surface area contributed by atoms with Gasteiger partial charge in [0.25, 0.3) is 5.56 Å². The number of thiophene rings is 1. The first kappa shape index (κ1) is 23.0. The zero-order chi connectivity index (χ0) is 22.8. The number of carbonyl (C=O) groups excluding carboxylic acids is 1. The maximum atomic E-state index is 14.7. The van der Waals surface area contributed by atoms with Crippen LogP contribution in [0, 0.1) is 11.7 Å². The SMILES string of the molecule is CCC(CC)NC(=O)CSc1nc2sc3c(c2c(=O)n1-c1ccccc1F)CCC(C)C3. The number of hydrogen-bond donors (Lipinski definition) is 1. The van der Waals surface area contributed by atoms with Crippen molar-refractivity contribution in [2.75, 3.05) is 5.75 Å². The van der Waals surface area contributed by atoms with Crippen LogP contribution in [0.4, 0.5) is 4.39 Å². The summed E-state index contributed by atoms with van der Waals surface area (Å²) < 4.78 is 16.1. The summed E-state index contributed by atoms with van der Waals surface area (Å²) in [5.41, 5.74) is 0.975. The molecule has 1 amide bonds. The fourth-order valence-electron chi connectivity index (χ4n) is 4.21. The van der Waals surface area contributed by atoms with Crippen LogP contribution in [-0.4, -0.2) is 27.3 Å². The van der Waals surface area contributed by atoms with Crippen molar-refractivity contribution < 1.29 is 9.18 Å². The normalized spacial score (nSPS) is 15.8. The number of aromatic nitrogens is 2. The summed E-state index contributed by atoms with van der Waals surface area (Å²) in [6.45, 7) is 6.29. The van der Waals surface area contributed by atoms with Gasteiger partial charge >= 0.3 is 0 Å². The number of hydrogen-bond acceptors (Lipinski definition) is 5. The summed E-state index contributed by atoms with van der Waals surface area (Å²) in [7, 11) is 0. The van der Waals surface area contributed by atoms with E-state index in [0.29, 0.717) is 21.3 Å². The number of benzene rings is 1. The first-order valence-electron chi connectivity index (χ1n) is 11.2. The van der Waals surface area contributed by atoms with Crippen LogP contribution in [0.25, 0.3) is 15.9 Å². The molecule has 1 aliphatic rings. The number of aryl methyl sites for hydroxylation is 1. The maximum absolute atomic E-state index is 14.7. The van der Waals surface area contributed by atoms with Gasteiger partial charge in [0.1, 0.15) is 10.6 Å². The lowest BCUT2D eigenvalue weighted by molar-refractivity contribution is -0.119. The van der Waals surface area contributed by atoms with E-state index in [4.69, 9.17) is 4.98 Å². The van der Waals surface area contributed by atoms with Crippen molar-refractivity contribution in [3.8, 4) is 5.69 Å². The molecule has 0 saturated heterocycles. The second-order valence-electron chi connectivity index (χ2n) is 8.39. The van der Waals surface area contributed by atoms with Crippen LogP contribution in [-0.2, 0) is 17.6 Å². The first-order chi connectivity index (χ1) is 15.4. The van der Waals surface area contributed by atoms with Gasteiger partial charge < -0.3 is 5.32 Å². The fraction of sp³-hybridized carbons (Fsp3) is 0.458. The molecule has 3 aromatic rings. The molecule has 1 aliphatic carbocycles. The lowest BCUT2D eigenvalue weighted by Gasteiger charge is -2.18. The van der Waals surface area contributed by atoms with E-state index < -0.39 is 5.82 Å². The highest BCUT2D eigenvalue weighted by atomic mass is 32.2. The Bertz CT molecular complexity index is 1200. The third-order valence-corrected chi connectivity index (χ3v) is 8.16. The first-order valence-corrected chi connectivity index (χ1v) is 13.0. The van der Waals surface area contributed by atoms with Gasteiger partial charge in [0.15, 0.2) is 5.16 Å². The number of nitrogens with zero attached hydrogens (tertiary/aromatic N) is 2. The minimum Gasteiger partial charge on any atom is -0.353 e. The van der Waals surface area contributed by atoms with Gasteiger partial charge in [0.05, 0.1) is 16.8 Å². The Hall–Kier alpha value is -2.19. The third-order valence-electron chi connectivity index (χ3n) is 6.07. The Morgan fingerprint density at radius 1 is 1.34 bits per heavy atom. The van der Waals surface area contributed by atoms with Gasteiger partial charge in [-0.25, -0.2) is 9.37 Å². The highest BCUT2D eigenvalue weighted by molar-refractivity contribution is 7.99. The van der Waals surface area contributed by atoms with E-state index in [1.807, 2.05) is 13.8 Å². The molecule has 0 fully saturated rings. The summed E-state index contributed by atoms with van der Waals surface area (Å²) in [5.74, 6) is 0.0894. The minimum atomic E-state index is -0.489. The van der Waals surface area contributed by atoms with Crippen molar-refractivity contribution in [2.45, 2.75) is 64.1 Å². The van der Waals surface area contributed by atoms with Crippen molar-refractivity contribution in [3.63, 3.8) is 0 Å². The highest BCUT2D eigenvalue weighted by Gasteiger charge is 2.26. The molecule has 8 heteroatoms. The van der Waals surface area contributed by atoms with Gasteiger partial charge in [0, 0.05) is 10.9 Å². The predicted molar refractivity (Wildman–Crippen MR) is 130 cm³/mol. The molecule has 2 aromatic heterocycles. The van der Waals surface area contributed by atoms with Crippen LogP contribution in [0.3, 0.4) is 0 Å². The molecule has 1 N–H and O–H groups in total. The lowest BCUT2D eigenvalue weighted by Crippen LogP contribution is -2.35. The monoisotopic (exact) mass is 473 g/mol. The smallest absolute Gasteiger partial charge is 0.267 e. The highest BCUT2D eigenvalue weighted by Crippen LogP contribution is 2.37. The number of fused-ring (bicyclic) bond motifs is 3. The van der Waals surface area contributed by atoms with Crippen molar-refractivity contribution >= 4 is 39.2 Å². The quantitative estimate of drug-likeness (QED) is 0.383. The number of rotatable bonds is 7. The molecule has 0 bridgehead atoms. The lowest BCUT2D eigenvalue weighted by atomic mass is 9.89. The molecule has 5 nitrogen and oxygen atoms in total. The molecule has 4 rings (SSSR count).